The molecule has 0 aliphatic carbocycles. The van der Waals surface area contributed by atoms with Crippen molar-refractivity contribution in [3.05, 3.63) is 40.6 Å². The molecule has 5 nitrogen and oxygen atoms in total. The van der Waals surface area contributed by atoms with Gasteiger partial charge in [-0.3, -0.25) is 4.55 Å². The third kappa shape index (κ3) is 2.82. The highest BCUT2D eigenvalue weighted by Gasteiger charge is 2.23. The van der Waals surface area contributed by atoms with Crippen LogP contribution >= 0.6 is 23.2 Å². The highest BCUT2D eigenvalue weighted by Crippen LogP contribution is 2.36. The van der Waals surface area contributed by atoms with E-state index in [0.717, 1.165) is 0 Å². The van der Waals surface area contributed by atoms with Gasteiger partial charge in [-0.05, 0) is 12.1 Å². The number of nitrogens with zero attached hydrogens (tertiary/aromatic N) is 1. The van der Waals surface area contributed by atoms with Crippen molar-refractivity contribution in [2.45, 2.75) is 4.90 Å². The van der Waals surface area contributed by atoms with Crippen molar-refractivity contribution < 1.29 is 13.0 Å². The van der Waals surface area contributed by atoms with Crippen molar-refractivity contribution in [3.63, 3.8) is 0 Å². The molecule has 2 aromatic rings. The van der Waals surface area contributed by atoms with E-state index in [9.17, 15) is 13.0 Å². The summed E-state index contributed by atoms with van der Waals surface area (Å²) >= 11 is 11.5. The van der Waals surface area contributed by atoms with Crippen LogP contribution in [0, 0.1) is 0 Å². The number of anilines is 1. The molecule has 2 rings (SSSR count). The molecule has 0 spiro atoms. The third-order valence-electron chi connectivity index (χ3n) is 2.41. The first-order valence-electron chi connectivity index (χ1n) is 4.99. The summed E-state index contributed by atoms with van der Waals surface area (Å²) in [5, 5.41) is -0.413. The Morgan fingerprint density at radius 3 is 2.37 bits per heavy atom. The Morgan fingerprint density at radius 1 is 1.16 bits per heavy atom. The lowest BCUT2D eigenvalue weighted by Crippen LogP contribution is -2.04. The number of nitrogen functional groups attached to an aromatic ring is 1. The Bertz CT molecular complexity index is 748. The molecule has 0 bridgehead atoms. The normalized spacial score (nSPS) is 11.5. The van der Waals surface area contributed by atoms with Crippen LogP contribution < -0.4 is 5.73 Å². The average molecular weight is 319 g/mol. The first kappa shape index (κ1) is 14.1. The van der Waals surface area contributed by atoms with Gasteiger partial charge in [-0.25, -0.2) is 4.98 Å². The summed E-state index contributed by atoms with van der Waals surface area (Å²) in [6.07, 6.45) is 0. The fourth-order valence-corrected chi connectivity index (χ4v) is 3.09. The molecule has 0 saturated heterocycles. The van der Waals surface area contributed by atoms with Crippen LogP contribution in [0.5, 0.6) is 0 Å². The number of nitrogens with two attached hydrogens (primary N) is 1. The lowest BCUT2D eigenvalue weighted by molar-refractivity contribution is 0.483. The Balaban J connectivity index is 2.88. The molecule has 1 heterocycles. The third-order valence-corrected chi connectivity index (χ3v) is 3.92. The number of aromatic nitrogens is 1. The van der Waals surface area contributed by atoms with Gasteiger partial charge < -0.3 is 5.73 Å². The number of hydrogen-bond acceptors (Lipinski definition) is 4. The summed E-state index contributed by atoms with van der Waals surface area (Å²) in [6, 6.07) is 7.82. The van der Waals surface area contributed by atoms with Gasteiger partial charge in [-0.1, -0.05) is 41.4 Å². The van der Waals surface area contributed by atoms with Crippen LogP contribution in [-0.2, 0) is 10.1 Å². The maximum absolute atomic E-state index is 11.4. The van der Waals surface area contributed by atoms with Crippen molar-refractivity contribution >= 4 is 39.0 Å². The second-order valence-corrected chi connectivity index (χ2v) is 5.78. The van der Waals surface area contributed by atoms with E-state index < -0.39 is 20.2 Å². The zero-order chi connectivity index (χ0) is 14.2. The van der Waals surface area contributed by atoms with Crippen molar-refractivity contribution in [3.8, 4) is 11.1 Å². The van der Waals surface area contributed by atoms with Gasteiger partial charge in [-0.15, -0.1) is 0 Å². The first-order chi connectivity index (χ1) is 8.80. The van der Waals surface area contributed by atoms with E-state index in [1.54, 1.807) is 24.3 Å². The standard InChI is InChI=1S/C11H8Cl2N2O3S/c12-9-5-7(6-3-1-2-4-8(6)14)10(11(13)15-9)19(16,17)18/h1-5H,14H2,(H,16,17,18). The van der Waals surface area contributed by atoms with Crippen LogP contribution in [0.2, 0.25) is 10.3 Å². The van der Waals surface area contributed by atoms with E-state index >= 15 is 0 Å². The molecule has 0 fully saturated rings. The lowest BCUT2D eigenvalue weighted by atomic mass is 10.1. The van der Waals surface area contributed by atoms with Crippen LogP contribution in [-0.4, -0.2) is 18.0 Å². The number of halogens is 2. The molecule has 0 unspecified atom stereocenters. The second kappa shape index (κ2) is 4.97. The van der Waals surface area contributed by atoms with Gasteiger partial charge in [0, 0.05) is 16.8 Å². The van der Waals surface area contributed by atoms with Crippen LogP contribution in [0.1, 0.15) is 0 Å². The summed E-state index contributed by atoms with van der Waals surface area (Å²) in [4.78, 5) is 3.09. The molecular weight excluding hydrogens is 311 g/mol. The van der Waals surface area contributed by atoms with Gasteiger partial charge >= 0.3 is 0 Å². The topological polar surface area (TPSA) is 93.3 Å². The Hall–Kier alpha value is -1.34. The number of pyridine rings is 1. The summed E-state index contributed by atoms with van der Waals surface area (Å²) in [5.41, 5.74) is 6.60. The minimum absolute atomic E-state index is 0.00402. The molecular formula is C11H8Cl2N2O3S. The molecule has 0 saturated carbocycles. The van der Waals surface area contributed by atoms with Gasteiger partial charge in [0.25, 0.3) is 10.1 Å². The second-order valence-electron chi connectivity index (χ2n) is 3.67. The van der Waals surface area contributed by atoms with Gasteiger partial charge in [0.15, 0.2) is 5.15 Å². The first-order valence-corrected chi connectivity index (χ1v) is 7.18. The zero-order valence-corrected chi connectivity index (χ0v) is 11.7. The summed E-state index contributed by atoms with van der Waals surface area (Å²) in [7, 11) is -4.55. The highest BCUT2D eigenvalue weighted by molar-refractivity contribution is 7.86. The Labute approximate surface area is 119 Å². The van der Waals surface area contributed by atoms with Gasteiger partial charge in [0.05, 0.1) is 0 Å². The number of benzene rings is 1. The largest absolute Gasteiger partial charge is 0.398 e. The van der Waals surface area contributed by atoms with Gasteiger partial charge in [0.1, 0.15) is 10.0 Å². The minimum atomic E-state index is -4.55. The number of hydrogen-bond donors (Lipinski definition) is 2. The van der Waals surface area contributed by atoms with Crippen LogP contribution in [0.4, 0.5) is 5.69 Å². The average Bonchev–Trinajstić information content (AvgIpc) is 2.26. The number of para-hydroxylation sites is 1. The molecule has 0 radical (unpaired) electrons. The Morgan fingerprint density at radius 2 is 1.79 bits per heavy atom. The highest BCUT2D eigenvalue weighted by atomic mass is 35.5. The summed E-state index contributed by atoms with van der Waals surface area (Å²) in [6.45, 7) is 0. The molecule has 0 aliphatic heterocycles. The molecule has 3 N–H and O–H groups in total. The quantitative estimate of drug-likeness (QED) is 0.504. The SMILES string of the molecule is Nc1ccccc1-c1cc(Cl)nc(Cl)c1S(=O)(=O)O. The van der Waals surface area contributed by atoms with Crippen LogP contribution in [0.3, 0.4) is 0 Å². The predicted molar refractivity (Wildman–Crippen MR) is 73.9 cm³/mol. The maximum atomic E-state index is 11.4. The van der Waals surface area contributed by atoms with Gasteiger partial charge in [-0.2, -0.15) is 8.42 Å². The Kier molecular flexibility index (Phi) is 3.69. The van der Waals surface area contributed by atoms with E-state index in [2.05, 4.69) is 4.98 Å². The smallest absolute Gasteiger partial charge is 0.298 e. The molecule has 0 aliphatic rings. The fraction of sp³-hybridized carbons (Fsp3) is 0. The monoisotopic (exact) mass is 318 g/mol. The van der Waals surface area contributed by atoms with Crippen molar-refractivity contribution in [1.82, 2.24) is 4.98 Å². The van der Waals surface area contributed by atoms with E-state index in [-0.39, 0.29) is 10.7 Å². The number of rotatable bonds is 2. The molecule has 19 heavy (non-hydrogen) atoms. The van der Waals surface area contributed by atoms with E-state index in [1.807, 2.05) is 0 Å². The van der Waals surface area contributed by atoms with Crippen molar-refractivity contribution in [2.24, 2.45) is 0 Å². The predicted octanol–water partition coefficient (Wildman–Crippen LogP) is 2.88. The van der Waals surface area contributed by atoms with E-state index in [4.69, 9.17) is 28.9 Å². The minimum Gasteiger partial charge on any atom is -0.398 e. The van der Waals surface area contributed by atoms with Crippen molar-refractivity contribution in [1.29, 1.82) is 0 Å². The molecule has 1 aromatic heterocycles. The van der Waals surface area contributed by atoms with E-state index in [0.29, 0.717) is 11.3 Å². The van der Waals surface area contributed by atoms with E-state index in [1.165, 1.54) is 6.07 Å². The molecule has 0 amide bonds. The maximum Gasteiger partial charge on any atom is 0.298 e. The van der Waals surface area contributed by atoms with Crippen molar-refractivity contribution in [2.75, 3.05) is 5.73 Å². The summed E-state index contributed by atoms with van der Waals surface area (Å²) < 4.78 is 32.1. The molecule has 1 aromatic carbocycles. The zero-order valence-electron chi connectivity index (χ0n) is 9.34. The summed E-state index contributed by atoms with van der Waals surface area (Å²) in [5.74, 6) is 0. The van der Waals surface area contributed by atoms with Gasteiger partial charge in [0.2, 0.25) is 0 Å². The molecule has 100 valence electrons. The van der Waals surface area contributed by atoms with Crippen LogP contribution in [0.15, 0.2) is 35.2 Å². The molecule has 8 heteroatoms. The van der Waals surface area contributed by atoms with Crippen LogP contribution in [0.25, 0.3) is 11.1 Å². The fourth-order valence-electron chi connectivity index (χ4n) is 1.66. The lowest BCUT2D eigenvalue weighted by Gasteiger charge is -2.11. The molecule has 0 atom stereocenters.